The fourth-order valence-electron chi connectivity index (χ4n) is 5.48. The van der Waals surface area contributed by atoms with Crippen LogP contribution in [0.25, 0.3) is 5.57 Å². The Morgan fingerprint density at radius 3 is 2.71 bits per heavy atom. The van der Waals surface area contributed by atoms with Gasteiger partial charge in [-0.05, 0) is 77.0 Å². The lowest BCUT2D eigenvalue weighted by atomic mass is 9.68. The van der Waals surface area contributed by atoms with Gasteiger partial charge in [0, 0.05) is 5.41 Å². The smallest absolute Gasteiger partial charge is 0.0152 e. The number of hydrogen-bond donors (Lipinski definition) is 0. The first kappa shape index (κ1) is 19.0. The van der Waals surface area contributed by atoms with Crippen molar-refractivity contribution in [2.24, 2.45) is 11.3 Å². The fourth-order valence-corrected chi connectivity index (χ4v) is 5.48. The lowest BCUT2D eigenvalue weighted by molar-refractivity contribution is 0.510. The first-order chi connectivity index (χ1) is 13.3. The highest BCUT2D eigenvalue weighted by Crippen LogP contribution is 2.58. The second-order valence-electron chi connectivity index (χ2n) is 9.34. The van der Waals surface area contributed by atoms with Crippen molar-refractivity contribution < 1.29 is 0 Å². The number of rotatable bonds is 3. The predicted molar refractivity (Wildman–Crippen MR) is 122 cm³/mol. The van der Waals surface area contributed by atoms with Crippen LogP contribution in [0, 0.1) is 11.3 Å². The molecule has 0 N–H and O–H groups in total. The van der Waals surface area contributed by atoms with Crippen molar-refractivity contribution in [3.63, 3.8) is 0 Å². The summed E-state index contributed by atoms with van der Waals surface area (Å²) < 4.78 is 0. The molecule has 0 spiro atoms. The monoisotopic (exact) mass is 368 g/mol. The first-order valence-electron chi connectivity index (χ1n) is 10.6. The van der Waals surface area contributed by atoms with Gasteiger partial charge < -0.3 is 0 Å². The van der Waals surface area contributed by atoms with Gasteiger partial charge in [-0.1, -0.05) is 88.1 Å². The molecular formula is C28H32. The topological polar surface area (TPSA) is 0 Å². The standard InChI is InChI=1S/C28H32/c1-7-10-23-25-16-20-15-19(4)21-11-8-9-12-22(21)24(20)17-27(25)28(5,6)26(23)14-13-18(2)3/h7-12,14,17,19-20H,1-2,13,15-16H2,3-6H3/b23-10+,26-14+. The minimum atomic E-state index is 0.0234. The van der Waals surface area contributed by atoms with E-state index >= 15 is 0 Å². The van der Waals surface area contributed by atoms with Gasteiger partial charge in [-0.25, -0.2) is 0 Å². The van der Waals surface area contributed by atoms with E-state index in [1.807, 2.05) is 6.08 Å². The van der Waals surface area contributed by atoms with Gasteiger partial charge in [0.25, 0.3) is 0 Å². The third-order valence-corrected chi connectivity index (χ3v) is 6.86. The van der Waals surface area contributed by atoms with E-state index < -0.39 is 0 Å². The molecule has 0 bridgehead atoms. The zero-order valence-corrected chi connectivity index (χ0v) is 17.8. The van der Waals surface area contributed by atoms with Gasteiger partial charge in [-0.2, -0.15) is 0 Å². The van der Waals surface area contributed by atoms with Crippen LogP contribution >= 0.6 is 0 Å². The fraction of sp³-hybridized carbons (Fsp3) is 0.357. The summed E-state index contributed by atoms with van der Waals surface area (Å²) in [6.45, 7) is 17.4. The third kappa shape index (κ3) is 2.91. The van der Waals surface area contributed by atoms with Gasteiger partial charge in [-0.15, -0.1) is 0 Å². The Morgan fingerprint density at radius 1 is 1.25 bits per heavy atom. The molecular weight excluding hydrogens is 336 g/mol. The quantitative estimate of drug-likeness (QED) is 0.475. The van der Waals surface area contributed by atoms with E-state index in [2.05, 4.69) is 83.3 Å². The molecule has 0 aromatic heterocycles. The van der Waals surface area contributed by atoms with Crippen LogP contribution in [0.2, 0.25) is 0 Å². The van der Waals surface area contributed by atoms with E-state index in [4.69, 9.17) is 0 Å². The van der Waals surface area contributed by atoms with E-state index in [9.17, 15) is 0 Å². The van der Waals surface area contributed by atoms with Gasteiger partial charge in [0.15, 0.2) is 0 Å². The molecule has 0 heteroatoms. The van der Waals surface area contributed by atoms with Crippen LogP contribution in [0.1, 0.15) is 64.0 Å². The van der Waals surface area contributed by atoms with Crippen molar-refractivity contribution in [2.75, 3.05) is 0 Å². The minimum absolute atomic E-state index is 0.0234. The second-order valence-corrected chi connectivity index (χ2v) is 9.34. The Balaban J connectivity index is 1.87. The maximum Gasteiger partial charge on any atom is 0.0152 e. The summed E-state index contributed by atoms with van der Waals surface area (Å²) >= 11 is 0. The molecule has 0 aliphatic heterocycles. The summed E-state index contributed by atoms with van der Waals surface area (Å²) in [7, 11) is 0. The molecule has 28 heavy (non-hydrogen) atoms. The molecule has 3 aliphatic rings. The predicted octanol–water partition coefficient (Wildman–Crippen LogP) is 7.94. The molecule has 0 heterocycles. The normalized spacial score (nSPS) is 27.9. The summed E-state index contributed by atoms with van der Waals surface area (Å²) in [6, 6.07) is 9.03. The number of hydrogen-bond acceptors (Lipinski definition) is 0. The number of benzene rings is 1. The van der Waals surface area contributed by atoms with Crippen LogP contribution in [0.5, 0.6) is 0 Å². The average Bonchev–Trinajstić information content (AvgIpc) is 2.85. The second kappa shape index (κ2) is 6.92. The van der Waals surface area contributed by atoms with Crippen molar-refractivity contribution in [3.8, 4) is 0 Å². The highest BCUT2D eigenvalue weighted by molar-refractivity contribution is 5.80. The Bertz CT molecular complexity index is 971. The van der Waals surface area contributed by atoms with Crippen molar-refractivity contribution in [2.45, 2.75) is 52.9 Å². The molecule has 0 fully saturated rings. The highest BCUT2D eigenvalue weighted by Gasteiger charge is 2.43. The summed E-state index contributed by atoms with van der Waals surface area (Å²) in [4.78, 5) is 0. The zero-order valence-electron chi connectivity index (χ0n) is 17.8. The molecule has 1 aromatic carbocycles. The van der Waals surface area contributed by atoms with Crippen LogP contribution in [-0.2, 0) is 0 Å². The van der Waals surface area contributed by atoms with E-state index in [-0.39, 0.29) is 5.41 Å². The molecule has 4 rings (SSSR count). The van der Waals surface area contributed by atoms with Gasteiger partial charge >= 0.3 is 0 Å². The molecule has 1 aromatic rings. The number of allylic oxidation sites excluding steroid dienone is 10. The maximum absolute atomic E-state index is 4.11. The minimum Gasteiger partial charge on any atom is -0.0998 e. The zero-order chi connectivity index (χ0) is 20.1. The molecule has 2 unspecified atom stereocenters. The van der Waals surface area contributed by atoms with E-state index in [0.29, 0.717) is 11.8 Å². The van der Waals surface area contributed by atoms with Crippen LogP contribution in [0.4, 0.5) is 0 Å². The van der Waals surface area contributed by atoms with Gasteiger partial charge in [0.2, 0.25) is 0 Å². The summed E-state index contributed by atoms with van der Waals surface area (Å²) in [5.41, 5.74) is 11.7. The molecule has 0 saturated heterocycles. The van der Waals surface area contributed by atoms with Gasteiger partial charge in [-0.3, -0.25) is 0 Å². The van der Waals surface area contributed by atoms with Crippen molar-refractivity contribution in [1.29, 1.82) is 0 Å². The Kier molecular flexibility index (Phi) is 4.70. The third-order valence-electron chi connectivity index (χ3n) is 6.86. The summed E-state index contributed by atoms with van der Waals surface area (Å²) in [5.74, 6) is 1.24. The molecule has 2 atom stereocenters. The molecule has 0 amide bonds. The van der Waals surface area contributed by atoms with Gasteiger partial charge in [0.1, 0.15) is 0 Å². The Morgan fingerprint density at radius 2 is 2.00 bits per heavy atom. The number of fused-ring (bicyclic) bond motifs is 3. The molecule has 144 valence electrons. The average molecular weight is 369 g/mol. The molecule has 3 aliphatic carbocycles. The van der Waals surface area contributed by atoms with Crippen LogP contribution in [0.15, 0.2) is 89.6 Å². The van der Waals surface area contributed by atoms with E-state index in [1.54, 1.807) is 5.57 Å². The van der Waals surface area contributed by atoms with Crippen molar-refractivity contribution in [1.82, 2.24) is 0 Å². The van der Waals surface area contributed by atoms with Crippen LogP contribution in [0.3, 0.4) is 0 Å². The van der Waals surface area contributed by atoms with Crippen LogP contribution in [-0.4, -0.2) is 0 Å². The Labute approximate surface area is 170 Å². The van der Waals surface area contributed by atoms with Crippen molar-refractivity contribution >= 4 is 5.57 Å². The largest absolute Gasteiger partial charge is 0.0998 e. The van der Waals surface area contributed by atoms with Crippen molar-refractivity contribution in [3.05, 3.63) is 101 Å². The lowest BCUT2D eigenvalue weighted by Gasteiger charge is -2.36. The van der Waals surface area contributed by atoms with E-state index in [0.717, 1.165) is 12.8 Å². The van der Waals surface area contributed by atoms with Gasteiger partial charge in [0.05, 0.1) is 0 Å². The maximum atomic E-state index is 4.11. The van der Waals surface area contributed by atoms with Crippen LogP contribution < -0.4 is 0 Å². The Hall–Kier alpha value is -2.34. The SMILES string of the molecule is C=C/C=C1\C2=C(C=C3c4ccccc4C(C)CC3C2)C(C)(C)\C1=C\CC(=C)C. The molecule has 0 radical (unpaired) electrons. The summed E-state index contributed by atoms with van der Waals surface area (Å²) in [5, 5.41) is 0. The summed E-state index contributed by atoms with van der Waals surface area (Å²) in [6.07, 6.45) is 12.4. The molecule has 0 saturated carbocycles. The van der Waals surface area contributed by atoms with E-state index in [1.165, 1.54) is 45.4 Å². The lowest BCUT2D eigenvalue weighted by Crippen LogP contribution is -2.21. The highest BCUT2D eigenvalue weighted by atomic mass is 14.5. The first-order valence-corrected chi connectivity index (χ1v) is 10.6. The molecule has 0 nitrogen and oxygen atoms in total.